The van der Waals surface area contributed by atoms with E-state index in [1.807, 2.05) is 31.3 Å². The Morgan fingerprint density at radius 2 is 2.04 bits per heavy atom. The molecule has 0 aliphatic carbocycles. The first-order valence-corrected chi connectivity index (χ1v) is 8.42. The topological polar surface area (TPSA) is 48.7 Å². The van der Waals surface area contributed by atoms with Crippen molar-refractivity contribution in [3.8, 4) is 0 Å². The molecule has 25 heavy (non-hydrogen) atoms. The van der Waals surface area contributed by atoms with Crippen molar-refractivity contribution >= 4 is 5.91 Å². The van der Waals surface area contributed by atoms with Crippen LogP contribution in [0.15, 0.2) is 42.6 Å². The number of aryl methyl sites for hydroxylation is 1. The first-order chi connectivity index (χ1) is 11.9. The number of rotatable bonds is 5. The molecule has 1 aromatic carbocycles. The van der Waals surface area contributed by atoms with Gasteiger partial charge in [0.15, 0.2) is 0 Å². The van der Waals surface area contributed by atoms with E-state index in [0.717, 1.165) is 5.56 Å². The fraction of sp³-hybridized carbons (Fsp3) is 0.421. The number of hydrogen-bond acceptors (Lipinski definition) is 3. The molecule has 1 aliphatic heterocycles. The number of β-amino-alcohol motifs (C(OH)–C–C–N with tert-alkyl or cyclic N) is 1. The van der Waals surface area contributed by atoms with Crippen LogP contribution >= 0.6 is 0 Å². The van der Waals surface area contributed by atoms with E-state index in [-0.39, 0.29) is 11.7 Å². The second kappa shape index (κ2) is 6.98. The molecule has 0 bridgehead atoms. The molecule has 5 nitrogen and oxygen atoms in total. The smallest absolute Gasteiger partial charge is 0.270 e. The van der Waals surface area contributed by atoms with Crippen LogP contribution in [0.25, 0.3) is 0 Å². The number of likely N-dealkylation sites (tertiary alicyclic amines) is 1. The molecule has 1 amide bonds. The van der Waals surface area contributed by atoms with Crippen LogP contribution in [0.4, 0.5) is 4.39 Å². The zero-order valence-electron chi connectivity index (χ0n) is 14.7. The minimum Gasteiger partial charge on any atom is -0.387 e. The quantitative estimate of drug-likeness (QED) is 0.900. The first-order valence-electron chi connectivity index (χ1n) is 8.42. The summed E-state index contributed by atoms with van der Waals surface area (Å²) < 4.78 is 14.8. The summed E-state index contributed by atoms with van der Waals surface area (Å²) in [5, 5.41) is 10.9. The molecular weight excluding hydrogens is 321 g/mol. The highest BCUT2D eigenvalue weighted by Crippen LogP contribution is 2.24. The molecule has 6 heteroatoms. The lowest BCUT2D eigenvalue weighted by Crippen LogP contribution is -2.44. The molecule has 1 aliphatic rings. The van der Waals surface area contributed by atoms with Crippen molar-refractivity contribution in [1.29, 1.82) is 0 Å². The van der Waals surface area contributed by atoms with Crippen LogP contribution in [0.1, 0.15) is 22.5 Å². The van der Waals surface area contributed by atoms with Gasteiger partial charge in [-0.3, -0.25) is 9.69 Å². The van der Waals surface area contributed by atoms with Crippen LogP contribution in [0.2, 0.25) is 0 Å². The number of benzene rings is 1. The van der Waals surface area contributed by atoms with Gasteiger partial charge < -0.3 is 14.6 Å². The van der Waals surface area contributed by atoms with Gasteiger partial charge in [0, 0.05) is 32.9 Å². The first kappa shape index (κ1) is 17.6. The van der Waals surface area contributed by atoms with Gasteiger partial charge in [-0.1, -0.05) is 12.1 Å². The van der Waals surface area contributed by atoms with Crippen LogP contribution in [-0.2, 0) is 13.6 Å². The lowest BCUT2D eigenvalue weighted by Gasteiger charge is -2.29. The highest BCUT2D eigenvalue weighted by Gasteiger charge is 2.39. The normalized spacial score (nSPS) is 20.4. The molecule has 0 spiro atoms. The zero-order valence-corrected chi connectivity index (χ0v) is 14.7. The predicted octanol–water partition coefficient (Wildman–Crippen LogP) is 1.87. The fourth-order valence-corrected chi connectivity index (χ4v) is 3.46. The molecule has 0 unspecified atom stereocenters. The van der Waals surface area contributed by atoms with E-state index in [0.29, 0.717) is 38.3 Å². The standard InChI is InChI=1S/C19H24FN3O2/c1-21(12-15-5-7-16(20)8-6-15)13-19(25)9-11-23(14-19)18(24)17-4-3-10-22(17)2/h3-8,10,25H,9,11-14H2,1-2H3/t19-/m0/s1. The van der Waals surface area contributed by atoms with E-state index in [2.05, 4.69) is 0 Å². The summed E-state index contributed by atoms with van der Waals surface area (Å²) in [6, 6.07) is 10.00. The van der Waals surface area contributed by atoms with Gasteiger partial charge in [0.05, 0.1) is 12.1 Å². The van der Waals surface area contributed by atoms with Gasteiger partial charge in [0.1, 0.15) is 11.5 Å². The summed E-state index contributed by atoms with van der Waals surface area (Å²) >= 11 is 0. The molecule has 1 fully saturated rings. The van der Waals surface area contributed by atoms with Crippen molar-refractivity contribution in [2.45, 2.75) is 18.6 Å². The lowest BCUT2D eigenvalue weighted by molar-refractivity contribution is 0.0162. The predicted molar refractivity (Wildman–Crippen MR) is 93.6 cm³/mol. The fourth-order valence-electron chi connectivity index (χ4n) is 3.46. The van der Waals surface area contributed by atoms with Crippen molar-refractivity contribution in [3.63, 3.8) is 0 Å². The van der Waals surface area contributed by atoms with Gasteiger partial charge in [0.25, 0.3) is 5.91 Å². The third-order valence-corrected chi connectivity index (χ3v) is 4.71. The maximum Gasteiger partial charge on any atom is 0.270 e. The number of nitrogens with zero attached hydrogens (tertiary/aromatic N) is 3. The SMILES string of the molecule is CN(Cc1ccc(F)cc1)C[C@@]1(O)CCN(C(=O)c2cccn2C)C1. The number of aromatic nitrogens is 1. The van der Waals surface area contributed by atoms with Gasteiger partial charge in [-0.05, 0) is 43.3 Å². The van der Waals surface area contributed by atoms with E-state index < -0.39 is 5.60 Å². The molecule has 1 atom stereocenters. The third kappa shape index (κ3) is 4.08. The van der Waals surface area contributed by atoms with E-state index in [1.54, 1.807) is 27.7 Å². The summed E-state index contributed by atoms with van der Waals surface area (Å²) in [6.07, 6.45) is 2.39. The third-order valence-electron chi connectivity index (χ3n) is 4.71. The molecule has 1 saturated heterocycles. The largest absolute Gasteiger partial charge is 0.387 e. The van der Waals surface area contributed by atoms with E-state index in [4.69, 9.17) is 0 Å². The van der Waals surface area contributed by atoms with Gasteiger partial charge in [0.2, 0.25) is 0 Å². The van der Waals surface area contributed by atoms with Crippen LogP contribution in [0.3, 0.4) is 0 Å². The summed E-state index contributed by atoms with van der Waals surface area (Å²) in [5.41, 5.74) is 0.696. The Kier molecular flexibility index (Phi) is 4.92. The molecule has 134 valence electrons. The van der Waals surface area contributed by atoms with Crippen molar-refractivity contribution < 1.29 is 14.3 Å². The monoisotopic (exact) mass is 345 g/mol. The Hall–Kier alpha value is -2.18. The number of halogens is 1. The average Bonchev–Trinajstić information content (AvgIpc) is 3.15. The van der Waals surface area contributed by atoms with Crippen molar-refractivity contribution in [1.82, 2.24) is 14.4 Å². The van der Waals surface area contributed by atoms with Crippen molar-refractivity contribution in [2.75, 3.05) is 26.7 Å². The number of hydrogen-bond donors (Lipinski definition) is 1. The van der Waals surface area contributed by atoms with Crippen molar-refractivity contribution in [3.05, 3.63) is 59.7 Å². The Labute approximate surface area is 147 Å². The van der Waals surface area contributed by atoms with Gasteiger partial charge >= 0.3 is 0 Å². The van der Waals surface area contributed by atoms with Crippen LogP contribution in [0.5, 0.6) is 0 Å². The Bertz CT molecular complexity index is 743. The minimum atomic E-state index is -0.921. The number of aliphatic hydroxyl groups is 1. The zero-order chi connectivity index (χ0) is 18.0. The summed E-state index contributed by atoms with van der Waals surface area (Å²) in [6.45, 7) is 1.95. The van der Waals surface area contributed by atoms with Gasteiger partial charge in [-0.15, -0.1) is 0 Å². The van der Waals surface area contributed by atoms with E-state index in [9.17, 15) is 14.3 Å². The second-order valence-corrected chi connectivity index (χ2v) is 7.00. The molecular formula is C19H24FN3O2. The summed E-state index contributed by atoms with van der Waals surface area (Å²) in [7, 11) is 3.76. The molecule has 2 aromatic rings. The molecule has 0 radical (unpaired) electrons. The Balaban J connectivity index is 1.58. The van der Waals surface area contributed by atoms with Crippen LogP contribution < -0.4 is 0 Å². The molecule has 1 N–H and O–H groups in total. The number of carbonyl (C=O) groups excluding carboxylic acids is 1. The minimum absolute atomic E-state index is 0.0513. The molecule has 1 aromatic heterocycles. The summed E-state index contributed by atoms with van der Waals surface area (Å²) in [5.74, 6) is -0.305. The Morgan fingerprint density at radius 3 is 2.68 bits per heavy atom. The van der Waals surface area contributed by atoms with Gasteiger partial charge in [-0.2, -0.15) is 0 Å². The molecule has 0 saturated carbocycles. The number of likely N-dealkylation sites (N-methyl/N-ethyl adjacent to an activating group) is 1. The molecule has 3 rings (SSSR count). The van der Waals surface area contributed by atoms with Crippen LogP contribution in [-0.4, -0.2) is 57.7 Å². The maximum atomic E-state index is 13.0. The van der Waals surface area contributed by atoms with E-state index >= 15 is 0 Å². The lowest BCUT2D eigenvalue weighted by atomic mass is 10.0. The summed E-state index contributed by atoms with van der Waals surface area (Å²) in [4.78, 5) is 16.3. The number of amides is 1. The second-order valence-electron chi connectivity index (χ2n) is 7.00. The Morgan fingerprint density at radius 1 is 1.32 bits per heavy atom. The number of carbonyl (C=O) groups is 1. The van der Waals surface area contributed by atoms with Crippen molar-refractivity contribution in [2.24, 2.45) is 7.05 Å². The van der Waals surface area contributed by atoms with Gasteiger partial charge in [-0.25, -0.2) is 4.39 Å². The highest BCUT2D eigenvalue weighted by molar-refractivity contribution is 5.93. The highest BCUT2D eigenvalue weighted by atomic mass is 19.1. The molecule has 2 heterocycles. The average molecular weight is 345 g/mol. The van der Waals surface area contributed by atoms with Crippen LogP contribution in [0, 0.1) is 5.82 Å². The maximum absolute atomic E-state index is 13.0. The van der Waals surface area contributed by atoms with E-state index in [1.165, 1.54) is 12.1 Å².